The highest BCUT2D eigenvalue weighted by molar-refractivity contribution is 5.91. The first kappa shape index (κ1) is 21.4. The molecule has 1 aliphatic heterocycles. The van der Waals surface area contributed by atoms with Gasteiger partial charge >= 0.3 is 12.6 Å². The Bertz CT molecular complexity index is 865. The molecular formula is C22H21F2NO5. The van der Waals surface area contributed by atoms with Crippen LogP contribution in [0.25, 0.3) is 6.08 Å². The van der Waals surface area contributed by atoms with Gasteiger partial charge in [-0.1, -0.05) is 42.5 Å². The van der Waals surface area contributed by atoms with E-state index in [2.05, 4.69) is 4.74 Å². The standard InChI is InChI=1S/C22H21F2NO5/c23-22(24)29-18-9-6-16(7-10-18)8-11-19(26)30-20(17-4-2-1-3-5-17)21(27)25-12-14-28-15-13-25/h1-11,20,22H,12-15H2/b11-8+. The van der Waals surface area contributed by atoms with Crippen molar-refractivity contribution in [3.63, 3.8) is 0 Å². The summed E-state index contributed by atoms with van der Waals surface area (Å²) in [5.74, 6) is -0.983. The molecule has 1 atom stereocenters. The molecule has 1 aliphatic rings. The molecule has 1 saturated heterocycles. The van der Waals surface area contributed by atoms with Gasteiger partial charge in [0, 0.05) is 24.7 Å². The van der Waals surface area contributed by atoms with Gasteiger partial charge in [0.15, 0.2) is 0 Å². The van der Waals surface area contributed by atoms with E-state index < -0.39 is 18.7 Å². The number of hydrogen-bond acceptors (Lipinski definition) is 5. The fraction of sp³-hybridized carbons (Fsp3) is 0.273. The number of hydrogen-bond donors (Lipinski definition) is 0. The van der Waals surface area contributed by atoms with E-state index in [4.69, 9.17) is 9.47 Å². The molecule has 8 heteroatoms. The largest absolute Gasteiger partial charge is 0.444 e. The summed E-state index contributed by atoms with van der Waals surface area (Å²) in [5, 5.41) is 0. The average Bonchev–Trinajstić information content (AvgIpc) is 2.77. The summed E-state index contributed by atoms with van der Waals surface area (Å²) in [4.78, 5) is 26.9. The van der Waals surface area contributed by atoms with Crippen LogP contribution in [0.1, 0.15) is 17.2 Å². The predicted molar refractivity (Wildman–Crippen MR) is 105 cm³/mol. The van der Waals surface area contributed by atoms with E-state index >= 15 is 0 Å². The number of esters is 1. The molecule has 0 aromatic heterocycles. The Kier molecular flexibility index (Phi) is 7.51. The number of benzene rings is 2. The van der Waals surface area contributed by atoms with Crippen molar-refractivity contribution < 1.29 is 32.6 Å². The van der Waals surface area contributed by atoms with Gasteiger partial charge in [-0.15, -0.1) is 0 Å². The molecule has 2 aromatic rings. The Balaban J connectivity index is 1.68. The molecule has 1 fully saturated rings. The monoisotopic (exact) mass is 417 g/mol. The van der Waals surface area contributed by atoms with Gasteiger partial charge in [-0.25, -0.2) is 4.79 Å². The first-order chi connectivity index (χ1) is 14.5. The number of ether oxygens (including phenoxy) is 3. The van der Waals surface area contributed by atoms with Crippen LogP contribution in [-0.4, -0.2) is 49.7 Å². The molecular weight excluding hydrogens is 396 g/mol. The van der Waals surface area contributed by atoms with Gasteiger partial charge in [0.1, 0.15) is 5.75 Å². The lowest BCUT2D eigenvalue weighted by atomic mass is 10.1. The molecule has 1 amide bonds. The highest BCUT2D eigenvalue weighted by atomic mass is 19.3. The number of rotatable bonds is 7. The van der Waals surface area contributed by atoms with Crippen molar-refractivity contribution in [3.05, 3.63) is 71.8 Å². The maximum Gasteiger partial charge on any atom is 0.387 e. The van der Waals surface area contributed by atoms with E-state index in [1.807, 2.05) is 6.07 Å². The Labute approximate surface area is 172 Å². The minimum absolute atomic E-state index is 0.0185. The zero-order valence-electron chi connectivity index (χ0n) is 16.1. The molecule has 6 nitrogen and oxygen atoms in total. The molecule has 0 N–H and O–H groups in total. The van der Waals surface area contributed by atoms with Gasteiger partial charge in [-0.3, -0.25) is 4.79 Å². The molecule has 158 valence electrons. The van der Waals surface area contributed by atoms with Crippen molar-refractivity contribution in [3.8, 4) is 5.75 Å². The van der Waals surface area contributed by atoms with E-state index in [1.54, 1.807) is 29.2 Å². The minimum Gasteiger partial charge on any atom is -0.444 e. The maximum absolute atomic E-state index is 12.9. The van der Waals surface area contributed by atoms with Gasteiger partial charge in [0.25, 0.3) is 5.91 Å². The Morgan fingerprint density at radius 3 is 2.30 bits per heavy atom. The Morgan fingerprint density at radius 1 is 1.00 bits per heavy atom. The first-order valence-corrected chi connectivity index (χ1v) is 9.38. The van der Waals surface area contributed by atoms with Crippen LogP contribution in [0.5, 0.6) is 5.75 Å². The van der Waals surface area contributed by atoms with E-state index in [-0.39, 0.29) is 11.7 Å². The van der Waals surface area contributed by atoms with Crippen LogP contribution in [0.2, 0.25) is 0 Å². The summed E-state index contributed by atoms with van der Waals surface area (Å²) in [6, 6.07) is 14.6. The lowest BCUT2D eigenvalue weighted by Gasteiger charge is -2.30. The van der Waals surface area contributed by atoms with Crippen LogP contribution in [-0.2, 0) is 19.1 Å². The summed E-state index contributed by atoms with van der Waals surface area (Å²) in [6.07, 6.45) is 1.59. The summed E-state index contributed by atoms with van der Waals surface area (Å²) in [6.45, 7) is -1.16. The van der Waals surface area contributed by atoms with E-state index in [9.17, 15) is 18.4 Å². The molecule has 30 heavy (non-hydrogen) atoms. The minimum atomic E-state index is -2.90. The van der Waals surface area contributed by atoms with Crippen LogP contribution >= 0.6 is 0 Å². The van der Waals surface area contributed by atoms with Gasteiger partial charge in [-0.05, 0) is 23.8 Å². The molecule has 0 radical (unpaired) electrons. The second kappa shape index (κ2) is 10.5. The van der Waals surface area contributed by atoms with Crippen molar-refractivity contribution >= 4 is 18.0 Å². The lowest BCUT2D eigenvalue weighted by Crippen LogP contribution is -2.44. The predicted octanol–water partition coefficient (Wildman–Crippen LogP) is 3.44. The van der Waals surface area contributed by atoms with Crippen molar-refractivity contribution in [2.45, 2.75) is 12.7 Å². The van der Waals surface area contributed by atoms with Crippen molar-refractivity contribution in [2.24, 2.45) is 0 Å². The molecule has 0 saturated carbocycles. The van der Waals surface area contributed by atoms with Crippen LogP contribution in [0, 0.1) is 0 Å². The highest BCUT2D eigenvalue weighted by Crippen LogP contribution is 2.22. The zero-order chi connectivity index (χ0) is 21.3. The summed E-state index contributed by atoms with van der Waals surface area (Å²) >= 11 is 0. The van der Waals surface area contributed by atoms with E-state index in [1.165, 1.54) is 36.4 Å². The first-order valence-electron chi connectivity index (χ1n) is 9.38. The molecule has 0 spiro atoms. The van der Waals surface area contributed by atoms with Crippen LogP contribution in [0.3, 0.4) is 0 Å². The third-order valence-corrected chi connectivity index (χ3v) is 4.40. The fourth-order valence-corrected chi connectivity index (χ4v) is 2.92. The van der Waals surface area contributed by atoms with E-state index in [0.717, 1.165) is 0 Å². The average molecular weight is 417 g/mol. The number of morpholine rings is 1. The number of alkyl halides is 2. The summed E-state index contributed by atoms with van der Waals surface area (Å²) in [7, 11) is 0. The Hall–Kier alpha value is -3.26. The molecule has 3 rings (SSSR count). The van der Waals surface area contributed by atoms with Crippen molar-refractivity contribution in [1.82, 2.24) is 4.90 Å². The fourth-order valence-electron chi connectivity index (χ4n) is 2.92. The van der Waals surface area contributed by atoms with Crippen LogP contribution in [0.15, 0.2) is 60.7 Å². The number of carbonyl (C=O) groups is 2. The number of amides is 1. The molecule has 1 unspecified atom stereocenters. The molecule has 0 aliphatic carbocycles. The van der Waals surface area contributed by atoms with Gasteiger partial charge in [-0.2, -0.15) is 8.78 Å². The maximum atomic E-state index is 12.9. The normalized spacial score (nSPS) is 15.2. The van der Waals surface area contributed by atoms with Crippen LogP contribution in [0.4, 0.5) is 8.78 Å². The topological polar surface area (TPSA) is 65.1 Å². The second-order valence-corrected chi connectivity index (χ2v) is 6.45. The summed E-state index contributed by atoms with van der Waals surface area (Å²) < 4.78 is 39.4. The number of halogens is 2. The molecule has 2 aromatic carbocycles. The van der Waals surface area contributed by atoms with Gasteiger partial charge in [0.2, 0.25) is 6.10 Å². The third-order valence-electron chi connectivity index (χ3n) is 4.40. The molecule has 1 heterocycles. The smallest absolute Gasteiger partial charge is 0.387 e. The number of nitrogens with zero attached hydrogens (tertiary/aromatic N) is 1. The zero-order valence-corrected chi connectivity index (χ0v) is 16.1. The third kappa shape index (κ3) is 6.12. The van der Waals surface area contributed by atoms with Gasteiger partial charge < -0.3 is 19.1 Å². The molecule has 0 bridgehead atoms. The second-order valence-electron chi connectivity index (χ2n) is 6.45. The SMILES string of the molecule is O=C(/C=C/c1ccc(OC(F)F)cc1)OC(C(=O)N1CCOCC1)c1ccccc1. The Morgan fingerprint density at radius 2 is 1.67 bits per heavy atom. The van der Waals surface area contributed by atoms with Crippen LogP contribution < -0.4 is 4.74 Å². The van der Waals surface area contributed by atoms with Gasteiger partial charge in [0.05, 0.1) is 13.2 Å². The quantitative estimate of drug-likeness (QED) is 0.510. The van der Waals surface area contributed by atoms with Crippen molar-refractivity contribution in [1.29, 1.82) is 0 Å². The van der Waals surface area contributed by atoms with Crippen molar-refractivity contribution in [2.75, 3.05) is 26.3 Å². The lowest BCUT2D eigenvalue weighted by molar-refractivity contribution is -0.159. The van der Waals surface area contributed by atoms with E-state index in [0.29, 0.717) is 37.4 Å². The number of carbonyl (C=O) groups excluding carboxylic acids is 2. The highest BCUT2D eigenvalue weighted by Gasteiger charge is 2.29. The summed E-state index contributed by atoms with van der Waals surface area (Å²) in [5.41, 5.74) is 1.16.